The number of ether oxygens (including phenoxy) is 1. The fourth-order valence-electron chi connectivity index (χ4n) is 3.98. The molecule has 1 aliphatic heterocycles. The van der Waals surface area contributed by atoms with Crippen LogP contribution < -0.4 is 9.99 Å². The summed E-state index contributed by atoms with van der Waals surface area (Å²) in [7, 11) is -3.72. The molecule has 0 spiro atoms. The van der Waals surface area contributed by atoms with Crippen LogP contribution in [-0.4, -0.2) is 26.3 Å². The van der Waals surface area contributed by atoms with E-state index in [0.29, 0.717) is 19.1 Å². The van der Waals surface area contributed by atoms with E-state index in [1.165, 1.54) is 5.56 Å². The van der Waals surface area contributed by atoms with Crippen LogP contribution >= 0.6 is 7.75 Å². The summed E-state index contributed by atoms with van der Waals surface area (Å²) in [4.78, 5) is 2.25. The summed E-state index contributed by atoms with van der Waals surface area (Å²) in [6.45, 7) is 7.61. The van der Waals surface area contributed by atoms with Crippen LogP contribution in [-0.2, 0) is 31.6 Å². The summed E-state index contributed by atoms with van der Waals surface area (Å²) >= 11 is 0. The third-order valence-corrected chi connectivity index (χ3v) is 7.75. The molecule has 3 aromatic rings. The Morgan fingerprint density at radius 2 is 1.49 bits per heavy atom. The first-order chi connectivity index (χ1) is 17.1. The van der Waals surface area contributed by atoms with Crippen molar-refractivity contribution in [2.45, 2.75) is 39.4 Å². The second-order valence-electron chi connectivity index (χ2n) is 8.81. The smallest absolute Gasteiger partial charge is 0.378 e. The molecule has 1 aliphatic rings. The summed E-state index contributed by atoms with van der Waals surface area (Å²) in [5.74, 6) is 0.379. The molecule has 7 heteroatoms. The fourth-order valence-corrected chi connectivity index (χ4v) is 5.30. The van der Waals surface area contributed by atoms with Gasteiger partial charge in [-0.2, -0.15) is 0 Å². The molecule has 1 N–H and O–H groups in total. The lowest BCUT2D eigenvalue weighted by atomic mass is 9.97. The van der Waals surface area contributed by atoms with Crippen LogP contribution in [0.2, 0.25) is 0 Å². The van der Waals surface area contributed by atoms with Crippen LogP contribution in [0.25, 0.3) is 0 Å². The van der Waals surface area contributed by atoms with Crippen molar-refractivity contribution in [3.8, 4) is 0 Å². The van der Waals surface area contributed by atoms with Crippen LogP contribution in [0, 0.1) is 0 Å². The van der Waals surface area contributed by atoms with Crippen LogP contribution in [0.15, 0.2) is 78.9 Å². The Labute approximate surface area is 208 Å². The van der Waals surface area contributed by atoms with Crippen LogP contribution in [0.4, 0.5) is 11.4 Å². The van der Waals surface area contributed by atoms with Gasteiger partial charge in [0, 0.05) is 13.1 Å². The molecule has 0 radical (unpaired) electrons. The van der Waals surface area contributed by atoms with E-state index >= 15 is 0 Å². The molecule has 0 bridgehead atoms. The molecule has 0 amide bonds. The summed E-state index contributed by atoms with van der Waals surface area (Å²) in [6, 6.07) is 25.8. The van der Waals surface area contributed by atoms with Gasteiger partial charge >= 0.3 is 7.75 Å². The van der Waals surface area contributed by atoms with Crippen molar-refractivity contribution in [2.75, 3.05) is 36.3 Å². The molecule has 0 aromatic heterocycles. The number of anilines is 2. The standard InChI is InChI=1S/C28H35N2O4P/c1-3-23(2)26-14-15-28(30-16-18-32-19-17-30)27(20-26)29-35(31,33-21-24-10-6-4-7-11-24)34-22-25-12-8-5-9-13-25/h4-15,20,23H,3,16-19,21-22H2,1-2H3,(H,29,31). The first kappa shape index (κ1) is 25.5. The number of benzene rings is 3. The Hall–Kier alpha value is -2.63. The lowest BCUT2D eigenvalue weighted by molar-refractivity contribution is 0.123. The van der Waals surface area contributed by atoms with E-state index in [1.54, 1.807) is 0 Å². The number of nitrogens with one attached hydrogen (secondary N) is 1. The Balaban J connectivity index is 1.63. The highest BCUT2D eigenvalue weighted by Crippen LogP contribution is 2.51. The van der Waals surface area contributed by atoms with Crippen molar-refractivity contribution in [1.82, 2.24) is 0 Å². The minimum Gasteiger partial charge on any atom is -0.378 e. The van der Waals surface area contributed by atoms with E-state index in [4.69, 9.17) is 13.8 Å². The number of rotatable bonds is 11. The maximum absolute atomic E-state index is 14.1. The molecule has 1 heterocycles. The number of nitrogens with zero attached hydrogens (tertiary/aromatic N) is 1. The van der Waals surface area contributed by atoms with Crippen molar-refractivity contribution >= 4 is 19.1 Å². The first-order valence-electron chi connectivity index (χ1n) is 12.3. The van der Waals surface area contributed by atoms with Gasteiger partial charge in [-0.3, -0.25) is 14.1 Å². The molecular weight excluding hydrogens is 459 g/mol. The first-order valence-corrected chi connectivity index (χ1v) is 13.8. The Bertz CT molecular complexity index is 1060. The van der Waals surface area contributed by atoms with Crippen molar-refractivity contribution in [1.29, 1.82) is 0 Å². The highest BCUT2D eigenvalue weighted by atomic mass is 31.2. The van der Waals surface area contributed by atoms with Gasteiger partial charge in [0.25, 0.3) is 0 Å². The van der Waals surface area contributed by atoms with E-state index in [1.807, 2.05) is 60.7 Å². The highest BCUT2D eigenvalue weighted by Gasteiger charge is 2.28. The molecule has 6 nitrogen and oxygen atoms in total. The van der Waals surface area contributed by atoms with Gasteiger partial charge in [0.2, 0.25) is 0 Å². The molecular formula is C28H35N2O4P. The van der Waals surface area contributed by atoms with Gasteiger partial charge in [-0.1, -0.05) is 80.6 Å². The molecule has 1 unspecified atom stereocenters. The second-order valence-corrected chi connectivity index (χ2v) is 10.5. The van der Waals surface area contributed by atoms with Gasteiger partial charge in [0.05, 0.1) is 37.8 Å². The van der Waals surface area contributed by atoms with Gasteiger partial charge in [-0.15, -0.1) is 0 Å². The van der Waals surface area contributed by atoms with Crippen molar-refractivity contribution in [3.63, 3.8) is 0 Å². The molecule has 3 aromatic carbocycles. The van der Waals surface area contributed by atoms with E-state index in [2.05, 4.69) is 42.0 Å². The monoisotopic (exact) mass is 494 g/mol. The summed E-state index contributed by atoms with van der Waals surface area (Å²) in [5, 5.41) is 3.21. The van der Waals surface area contributed by atoms with Crippen LogP contribution in [0.3, 0.4) is 0 Å². The molecule has 1 fully saturated rings. The van der Waals surface area contributed by atoms with Gasteiger partial charge < -0.3 is 9.64 Å². The molecule has 35 heavy (non-hydrogen) atoms. The zero-order chi connectivity index (χ0) is 24.5. The Morgan fingerprint density at radius 3 is 2.03 bits per heavy atom. The van der Waals surface area contributed by atoms with Gasteiger partial charge in [0.1, 0.15) is 0 Å². The lowest BCUT2D eigenvalue weighted by Gasteiger charge is -2.32. The molecule has 1 atom stereocenters. The van der Waals surface area contributed by atoms with Gasteiger partial charge in [-0.05, 0) is 41.2 Å². The van der Waals surface area contributed by atoms with E-state index < -0.39 is 7.75 Å². The minimum absolute atomic E-state index is 0.178. The number of hydrogen-bond donors (Lipinski definition) is 1. The molecule has 4 rings (SSSR count). The molecule has 0 aliphatic carbocycles. The van der Waals surface area contributed by atoms with E-state index in [-0.39, 0.29) is 13.2 Å². The Morgan fingerprint density at radius 1 is 0.914 bits per heavy atom. The predicted molar refractivity (Wildman–Crippen MR) is 142 cm³/mol. The van der Waals surface area contributed by atoms with E-state index in [9.17, 15) is 4.57 Å². The molecule has 1 saturated heterocycles. The maximum Gasteiger partial charge on any atom is 0.433 e. The Kier molecular flexibility index (Phi) is 9.00. The average molecular weight is 495 g/mol. The summed E-state index contributed by atoms with van der Waals surface area (Å²) in [5.41, 5.74) is 4.78. The van der Waals surface area contributed by atoms with Crippen molar-refractivity contribution in [2.24, 2.45) is 0 Å². The van der Waals surface area contributed by atoms with Gasteiger partial charge in [0.15, 0.2) is 0 Å². The van der Waals surface area contributed by atoms with Crippen LogP contribution in [0.1, 0.15) is 42.9 Å². The van der Waals surface area contributed by atoms with Crippen molar-refractivity contribution in [3.05, 3.63) is 95.6 Å². The number of hydrogen-bond acceptors (Lipinski definition) is 5. The fraction of sp³-hybridized carbons (Fsp3) is 0.357. The third-order valence-electron chi connectivity index (χ3n) is 6.30. The van der Waals surface area contributed by atoms with Crippen molar-refractivity contribution < 1.29 is 18.3 Å². The zero-order valence-corrected chi connectivity index (χ0v) is 21.5. The van der Waals surface area contributed by atoms with E-state index in [0.717, 1.165) is 42.0 Å². The zero-order valence-electron chi connectivity index (χ0n) is 20.6. The number of morpholine rings is 1. The average Bonchev–Trinajstić information content (AvgIpc) is 2.92. The minimum atomic E-state index is -3.72. The third kappa shape index (κ3) is 7.18. The topological polar surface area (TPSA) is 60.0 Å². The SMILES string of the molecule is CCC(C)c1ccc(N2CCOCC2)c(NP(=O)(OCc2ccccc2)OCc2ccccc2)c1. The largest absolute Gasteiger partial charge is 0.433 e. The second kappa shape index (κ2) is 12.4. The molecule has 0 saturated carbocycles. The molecule has 186 valence electrons. The predicted octanol–water partition coefficient (Wildman–Crippen LogP) is 6.99. The van der Waals surface area contributed by atoms with Crippen LogP contribution in [0.5, 0.6) is 0 Å². The summed E-state index contributed by atoms with van der Waals surface area (Å²) < 4.78 is 31.6. The quantitative estimate of drug-likeness (QED) is 0.290. The highest BCUT2D eigenvalue weighted by molar-refractivity contribution is 7.55. The normalized spacial score (nSPS) is 15.1. The van der Waals surface area contributed by atoms with Gasteiger partial charge in [-0.25, -0.2) is 4.57 Å². The maximum atomic E-state index is 14.1. The lowest BCUT2D eigenvalue weighted by Crippen LogP contribution is -2.36. The summed E-state index contributed by atoms with van der Waals surface area (Å²) in [6.07, 6.45) is 1.02.